The number of rotatable bonds is 9. The summed E-state index contributed by atoms with van der Waals surface area (Å²) in [6.45, 7) is 7.18. The van der Waals surface area contributed by atoms with E-state index in [0.717, 1.165) is 18.5 Å². The fraction of sp³-hybridized carbons (Fsp3) is 0.636. The molecule has 0 spiro atoms. The quantitative estimate of drug-likeness (QED) is 0.476. The van der Waals surface area contributed by atoms with Crippen LogP contribution in [0, 0.1) is 0 Å². The summed E-state index contributed by atoms with van der Waals surface area (Å²) in [7, 11) is 4.15. The minimum atomic E-state index is -1.31. The second-order valence-corrected chi connectivity index (χ2v) is 7.84. The first-order valence-electron chi connectivity index (χ1n) is 5.53. The predicted molar refractivity (Wildman–Crippen MR) is 77.0 cm³/mol. The number of hydrogen-bond acceptors (Lipinski definition) is 4. The molecule has 17 heavy (non-hydrogen) atoms. The van der Waals surface area contributed by atoms with Crippen LogP contribution in [0.1, 0.15) is 6.42 Å². The minimum Gasteiger partial charge on any atom is -0.400 e. The molecular formula is C11H26O4Si2. The van der Waals surface area contributed by atoms with Gasteiger partial charge in [0, 0.05) is 34.5 Å². The molecule has 0 radical (unpaired) electrons. The monoisotopic (exact) mass is 278 g/mol. The molecule has 6 heteroatoms. The van der Waals surface area contributed by atoms with Crippen LogP contribution in [0.2, 0.25) is 12.1 Å². The summed E-state index contributed by atoms with van der Waals surface area (Å²) in [5.41, 5.74) is 0. The van der Waals surface area contributed by atoms with E-state index in [-0.39, 0.29) is 0 Å². The lowest BCUT2D eigenvalue weighted by Crippen LogP contribution is -2.17. The van der Waals surface area contributed by atoms with Crippen molar-refractivity contribution in [3.63, 3.8) is 0 Å². The van der Waals surface area contributed by atoms with Crippen molar-refractivity contribution in [3.05, 3.63) is 25.3 Å². The average molecular weight is 278 g/mol. The van der Waals surface area contributed by atoms with E-state index in [4.69, 9.17) is 17.7 Å². The normalized spacial score (nSPS) is 10.0. The van der Waals surface area contributed by atoms with Crippen molar-refractivity contribution in [2.75, 3.05) is 28.4 Å². The molecule has 0 aromatic carbocycles. The molecule has 0 aliphatic rings. The second kappa shape index (κ2) is 15.8. The first kappa shape index (κ1) is 19.1. The molecule has 102 valence electrons. The van der Waals surface area contributed by atoms with Gasteiger partial charge < -0.3 is 17.7 Å². The zero-order valence-corrected chi connectivity index (χ0v) is 13.8. The molecule has 0 saturated heterocycles. The van der Waals surface area contributed by atoms with Gasteiger partial charge >= 0.3 is 18.6 Å². The van der Waals surface area contributed by atoms with Gasteiger partial charge in [0.25, 0.3) is 0 Å². The maximum absolute atomic E-state index is 5.07. The number of allylic oxidation sites excluding steroid dienone is 2. The van der Waals surface area contributed by atoms with E-state index in [9.17, 15) is 0 Å². The fourth-order valence-electron chi connectivity index (χ4n) is 1.01. The van der Waals surface area contributed by atoms with Gasteiger partial charge in [0.05, 0.1) is 0 Å². The zero-order valence-electron chi connectivity index (χ0n) is 11.5. The highest BCUT2D eigenvalue weighted by molar-refractivity contribution is 6.44. The molecule has 0 amide bonds. The first-order valence-corrected chi connectivity index (χ1v) is 9.04. The number of hydrogen-bond donors (Lipinski definition) is 0. The molecule has 0 bridgehead atoms. The SMILES string of the molecule is C=CCC[SiH](OC)OC.C=CC[SiH](OC)OC. The molecule has 0 aliphatic heterocycles. The molecule has 0 aliphatic carbocycles. The molecule has 0 aromatic heterocycles. The van der Waals surface area contributed by atoms with Gasteiger partial charge in [0.1, 0.15) is 0 Å². The van der Waals surface area contributed by atoms with Crippen molar-refractivity contribution in [2.45, 2.75) is 18.5 Å². The Bertz CT molecular complexity index is 171. The molecule has 0 aromatic rings. The molecule has 0 atom stereocenters. The molecule has 0 unspecified atom stereocenters. The summed E-state index contributed by atoms with van der Waals surface area (Å²) in [4.78, 5) is 0. The summed E-state index contributed by atoms with van der Waals surface area (Å²) in [5, 5.41) is 0. The van der Waals surface area contributed by atoms with Gasteiger partial charge in [0.2, 0.25) is 0 Å². The highest BCUT2D eigenvalue weighted by Crippen LogP contribution is 1.98. The van der Waals surface area contributed by atoms with Crippen LogP contribution in [-0.4, -0.2) is 47.0 Å². The van der Waals surface area contributed by atoms with Gasteiger partial charge in [-0.05, 0) is 12.5 Å². The van der Waals surface area contributed by atoms with Crippen molar-refractivity contribution in [1.82, 2.24) is 0 Å². The Balaban J connectivity index is 0. The molecule has 0 saturated carbocycles. The van der Waals surface area contributed by atoms with Crippen molar-refractivity contribution in [3.8, 4) is 0 Å². The van der Waals surface area contributed by atoms with E-state index in [1.165, 1.54) is 0 Å². The third-order valence-corrected chi connectivity index (χ3v) is 5.64. The van der Waals surface area contributed by atoms with Crippen LogP contribution in [0.5, 0.6) is 0 Å². The second-order valence-electron chi connectivity index (χ2n) is 3.19. The van der Waals surface area contributed by atoms with Gasteiger partial charge in [-0.3, -0.25) is 0 Å². The smallest absolute Gasteiger partial charge is 0.324 e. The van der Waals surface area contributed by atoms with E-state index < -0.39 is 18.6 Å². The Morgan fingerprint density at radius 3 is 1.53 bits per heavy atom. The van der Waals surface area contributed by atoms with Gasteiger partial charge in [-0.15, -0.1) is 13.2 Å². The minimum absolute atomic E-state index is 0.882. The third-order valence-electron chi connectivity index (χ3n) is 2.02. The maximum atomic E-state index is 5.07. The van der Waals surface area contributed by atoms with E-state index in [1.54, 1.807) is 28.4 Å². The Labute approximate surface area is 109 Å². The van der Waals surface area contributed by atoms with Crippen LogP contribution in [0.25, 0.3) is 0 Å². The van der Waals surface area contributed by atoms with Crippen LogP contribution < -0.4 is 0 Å². The molecule has 0 N–H and O–H groups in total. The van der Waals surface area contributed by atoms with E-state index in [2.05, 4.69) is 13.2 Å². The van der Waals surface area contributed by atoms with E-state index >= 15 is 0 Å². The Hall–Kier alpha value is -0.246. The third kappa shape index (κ3) is 13.7. The van der Waals surface area contributed by atoms with Crippen LogP contribution in [-0.2, 0) is 17.7 Å². The molecule has 0 fully saturated rings. The summed E-state index contributed by atoms with van der Waals surface area (Å²) in [6, 6.07) is 1.91. The highest BCUT2D eigenvalue weighted by atomic mass is 28.3. The van der Waals surface area contributed by atoms with Crippen molar-refractivity contribution < 1.29 is 17.7 Å². The summed E-state index contributed by atoms with van der Waals surface area (Å²) < 4.78 is 20.1. The summed E-state index contributed by atoms with van der Waals surface area (Å²) in [6.07, 6.45) is 4.71. The van der Waals surface area contributed by atoms with Crippen LogP contribution >= 0.6 is 0 Å². The van der Waals surface area contributed by atoms with Crippen molar-refractivity contribution >= 4 is 18.6 Å². The Kier molecular flexibility index (Phi) is 17.7. The van der Waals surface area contributed by atoms with E-state index in [1.807, 2.05) is 12.2 Å². The highest BCUT2D eigenvalue weighted by Gasteiger charge is 2.05. The largest absolute Gasteiger partial charge is 0.400 e. The first-order chi connectivity index (χ1) is 8.19. The van der Waals surface area contributed by atoms with Crippen LogP contribution in [0.4, 0.5) is 0 Å². The average Bonchev–Trinajstić information content (AvgIpc) is 2.38. The molecule has 4 nitrogen and oxygen atoms in total. The molecule has 0 rings (SSSR count). The standard InChI is InChI=1S/C6H14O2Si.C5H12O2Si/c1-4-5-6-9(7-2)8-3;1-4-5-8(6-2)7-3/h4,9H,1,5-6H2,2-3H3;4,8H,1,5H2,2-3H3. The van der Waals surface area contributed by atoms with Gasteiger partial charge in [0.15, 0.2) is 0 Å². The van der Waals surface area contributed by atoms with Crippen molar-refractivity contribution in [2.24, 2.45) is 0 Å². The van der Waals surface area contributed by atoms with Crippen LogP contribution in [0.15, 0.2) is 25.3 Å². The lowest BCUT2D eigenvalue weighted by molar-refractivity contribution is 0.278. The molecular weight excluding hydrogens is 252 g/mol. The van der Waals surface area contributed by atoms with Gasteiger partial charge in [-0.2, -0.15) is 0 Å². The predicted octanol–water partition coefficient (Wildman–Crippen LogP) is 1.76. The van der Waals surface area contributed by atoms with Gasteiger partial charge in [-0.1, -0.05) is 12.2 Å². The van der Waals surface area contributed by atoms with Gasteiger partial charge in [-0.25, -0.2) is 0 Å². The van der Waals surface area contributed by atoms with Crippen LogP contribution in [0.3, 0.4) is 0 Å². The van der Waals surface area contributed by atoms with E-state index in [0.29, 0.717) is 0 Å². The lowest BCUT2D eigenvalue weighted by Gasteiger charge is -2.07. The Morgan fingerprint density at radius 2 is 1.29 bits per heavy atom. The van der Waals surface area contributed by atoms with Crippen molar-refractivity contribution in [1.29, 1.82) is 0 Å². The topological polar surface area (TPSA) is 36.9 Å². The summed E-state index contributed by atoms with van der Waals surface area (Å²) >= 11 is 0. The molecule has 0 heterocycles. The lowest BCUT2D eigenvalue weighted by atomic mass is 10.5. The maximum Gasteiger partial charge on any atom is 0.324 e. The summed E-state index contributed by atoms with van der Waals surface area (Å²) in [5.74, 6) is 0. The fourth-order valence-corrected chi connectivity index (χ4v) is 3.03. The zero-order chi connectivity index (χ0) is 13.5. The Morgan fingerprint density at radius 1 is 0.824 bits per heavy atom.